The highest BCUT2D eigenvalue weighted by molar-refractivity contribution is 6.33. The van der Waals surface area contributed by atoms with Crippen LogP contribution >= 0.6 is 11.6 Å². The van der Waals surface area contributed by atoms with Crippen LogP contribution in [0.3, 0.4) is 0 Å². The topological polar surface area (TPSA) is 112 Å². The molecule has 0 radical (unpaired) electrons. The van der Waals surface area contributed by atoms with Gasteiger partial charge in [-0.15, -0.1) is 0 Å². The minimum atomic E-state index is -4.68. The first-order valence-electron chi connectivity index (χ1n) is 17.5. The van der Waals surface area contributed by atoms with E-state index in [-0.39, 0.29) is 40.7 Å². The molecular formula is C35H46ClF3N8O3. The summed E-state index contributed by atoms with van der Waals surface area (Å²) in [6.07, 6.45) is -1.41. The fraction of sp³-hybridized carbons (Fsp3) is 0.571. The largest absolute Gasteiger partial charge is 0.418 e. The van der Waals surface area contributed by atoms with Gasteiger partial charge in [-0.2, -0.15) is 13.2 Å². The molecule has 1 atom stereocenters. The van der Waals surface area contributed by atoms with Crippen LogP contribution in [0.1, 0.15) is 42.4 Å². The number of carbonyl (C=O) groups is 3. The first kappa shape index (κ1) is 36.1. The van der Waals surface area contributed by atoms with Gasteiger partial charge in [0.15, 0.2) is 0 Å². The Hall–Kier alpha value is -3.75. The van der Waals surface area contributed by atoms with E-state index in [1.165, 1.54) is 13.1 Å². The predicted octanol–water partition coefficient (Wildman–Crippen LogP) is 4.47. The SMILES string of the molecule is CNc1c(Cl)cc(CC(NC(=O)N2CCC(N3CCc4ccccc4NC3=O)CC2)C(=O)N2CCC(N3CCNCC3)CC2)cc1C(F)(F)F. The average molecular weight is 719 g/mol. The number of hydrogen-bond donors (Lipinski definition) is 4. The Bertz CT molecular complexity index is 1540. The van der Waals surface area contributed by atoms with E-state index in [1.54, 1.807) is 9.80 Å². The number of piperidine rings is 2. The van der Waals surface area contributed by atoms with Gasteiger partial charge in [-0.3, -0.25) is 9.69 Å². The zero-order chi connectivity index (χ0) is 35.4. The Kier molecular flexibility index (Phi) is 11.3. The number of urea groups is 2. The lowest BCUT2D eigenvalue weighted by atomic mass is 9.98. The van der Waals surface area contributed by atoms with Crippen molar-refractivity contribution >= 4 is 40.9 Å². The summed E-state index contributed by atoms with van der Waals surface area (Å²) in [5, 5.41) is 11.7. The first-order chi connectivity index (χ1) is 24.0. The molecule has 0 saturated carbocycles. The van der Waals surface area contributed by atoms with Crippen LogP contribution in [0.4, 0.5) is 34.1 Å². The molecule has 0 aromatic heterocycles. The Morgan fingerprint density at radius 3 is 2.28 bits per heavy atom. The number of halogens is 4. The van der Waals surface area contributed by atoms with Crippen LogP contribution in [-0.2, 0) is 23.8 Å². The van der Waals surface area contributed by atoms with Crippen LogP contribution < -0.4 is 21.3 Å². The van der Waals surface area contributed by atoms with E-state index in [2.05, 4.69) is 26.2 Å². The maximum Gasteiger partial charge on any atom is 0.418 e. The number of amides is 5. The summed E-state index contributed by atoms with van der Waals surface area (Å²) in [5.41, 5.74) is 0.912. The molecule has 0 spiro atoms. The van der Waals surface area contributed by atoms with Crippen LogP contribution in [0.25, 0.3) is 0 Å². The maximum absolute atomic E-state index is 14.1. The molecule has 2 aromatic carbocycles. The summed E-state index contributed by atoms with van der Waals surface area (Å²) < 4.78 is 42.1. The minimum Gasteiger partial charge on any atom is -0.386 e. The van der Waals surface area contributed by atoms with E-state index in [9.17, 15) is 27.6 Å². The molecule has 3 fully saturated rings. The second kappa shape index (κ2) is 15.6. The summed E-state index contributed by atoms with van der Waals surface area (Å²) in [5.74, 6) is -0.324. The third-order valence-electron chi connectivity index (χ3n) is 10.5. The lowest BCUT2D eigenvalue weighted by molar-refractivity contribution is -0.137. The smallest absolute Gasteiger partial charge is 0.386 e. The summed E-state index contributed by atoms with van der Waals surface area (Å²) in [6, 6.07) is 8.74. The molecule has 4 heterocycles. The molecular weight excluding hydrogens is 673 g/mol. The second-order valence-electron chi connectivity index (χ2n) is 13.5. The molecule has 50 heavy (non-hydrogen) atoms. The number of carbonyl (C=O) groups excluding carboxylic acids is 3. The van der Waals surface area contributed by atoms with Gasteiger partial charge in [-0.05, 0) is 61.4 Å². The van der Waals surface area contributed by atoms with Crippen LogP contribution in [0.15, 0.2) is 36.4 Å². The number of para-hydroxylation sites is 1. The van der Waals surface area contributed by atoms with E-state index in [0.29, 0.717) is 51.6 Å². The normalized spacial score (nSPS) is 20.5. The van der Waals surface area contributed by atoms with Crippen LogP contribution in [-0.4, -0.2) is 122 Å². The lowest BCUT2D eigenvalue weighted by Crippen LogP contribution is -2.58. The van der Waals surface area contributed by atoms with E-state index < -0.39 is 23.8 Å². The zero-order valence-corrected chi connectivity index (χ0v) is 29.1. The minimum absolute atomic E-state index is 0.0589. The molecule has 3 saturated heterocycles. The number of likely N-dealkylation sites (tertiary alicyclic amines) is 2. The van der Waals surface area contributed by atoms with Crippen molar-refractivity contribution in [2.45, 2.75) is 62.8 Å². The van der Waals surface area contributed by atoms with Crippen molar-refractivity contribution in [1.29, 1.82) is 0 Å². The fourth-order valence-corrected chi connectivity index (χ4v) is 8.11. The summed E-state index contributed by atoms with van der Waals surface area (Å²) in [6.45, 7) is 6.06. The van der Waals surface area contributed by atoms with Crippen molar-refractivity contribution in [2.24, 2.45) is 0 Å². The van der Waals surface area contributed by atoms with Gasteiger partial charge in [-0.1, -0.05) is 29.8 Å². The third kappa shape index (κ3) is 8.24. The Morgan fingerprint density at radius 1 is 0.940 bits per heavy atom. The van der Waals surface area contributed by atoms with E-state index in [1.807, 2.05) is 29.2 Å². The Morgan fingerprint density at radius 2 is 1.60 bits per heavy atom. The summed E-state index contributed by atoms with van der Waals surface area (Å²) in [4.78, 5) is 48.5. The maximum atomic E-state index is 14.1. The molecule has 2 aromatic rings. The van der Waals surface area contributed by atoms with Gasteiger partial charge in [0.2, 0.25) is 5.91 Å². The van der Waals surface area contributed by atoms with Crippen LogP contribution in [0.5, 0.6) is 0 Å². The Balaban J connectivity index is 1.13. The molecule has 4 aliphatic heterocycles. The number of benzene rings is 2. The molecule has 6 rings (SSSR count). The van der Waals surface area contributed by atoms with Gasteiger partial charge in [0, 0.05) is 90.1 Å². The number of nitrogens with one attached hydrogen (secondary N) is 4. The average Bonchev–Trinajstić information content (AvgIpc) is 3.29. The molecule has 15 heteroatoms. The highest BCUT2D eigenvalue weighted by atomic mass is 35.5. The molecule has 1 unspecified atom stereocenters. The van der Waals surface area contributed by atoms with Crippen molar-refractivity contribution in [3.05, 3.63) is 58.1 Å². The number of anilines is 2. The zero-order valence-electron chi connectivity index (χ0n) is 28.3. The van der Waals surface area contributed by atoms with E-state index in [4.69, 9.17) is 11.6 Å². The van der Waals surface area contributed by atoms with Crippen molar-refractivity contribution < 1.29 is 27.6 Å². The monoisotopic (exact) mass is 718 g/mol. The van der Waals surface area contributed by atoms with Crippen LogP contribution in [0.2, 0.25) is 5.02 Å². The number of fused-ring (bicyclic) bond motifs is 1. The fourth-order valence-electron chi connectivity index (χ4n) is 7.77. The molecule has 5 amide bonds. The predicted molar refractivity (Wildman–Crippen MR) is 187 cm³/mol. The summed E-state index contributed by atoms with van der Waals surface area (Å²) in [7, 11) is 1.37. The van der Waals surface area contributed by atoms with Gasteiger partial charge in [0.05, 0.1) is 16.3 Å². The van der Waals surface area contributed by atoms with Gasteiger partial charge in [0.25, 0.3) is 0 Å². The van der Waals surface area contributed by atoms with Crippen molar-refractivity contribution in [3.63, 3.8) is 0 Å². The van der Waals surface area contributed by atoms with E-state index >= 15 is 0 Å². The molecule has 11 nitrogen and oxygen atoms in total. The number of piperazine rings is 1. The van der Waals surface area contributed by atoms with Gasteiger partial charge in [-0.25, -0.2) is 9.59 Å². The first-order valence-corrected chi connectivity index (χ1v) is 17.9. The van der Waals surface area contributed by atoms with E-state index in [0.717, 1.165) is 62.8 Å². The number of rotatable bonds is 7. The highest BCUT2D eigenvalue weighted by Gasteiger charge is 2.38. The molecule has 0 aliphatic carbocycles. The third-order valence-corrected chi connectivity index (χ3v) is 10.8. The number of nitrogens with zero attached hydrogens (tertiary/aromatic N) is 4. The lowest BCUT2D eigenvalue weighted by Gasteiger charge is -2.41. The van der Waals surface area contributed by atoms with Crippen LogP contribution in [0, 0.1) is 0 Å². The van der Waals surface area contributed by atoms with Crippen molar-refractivity contribution in [2.75, 3.05) is 76.6 Å². The van der Waals surface area contributed by atoms with Gasteiger partial charge < -0.3 is 36.0 Å². The highest BCUT2D eigenvalue weighted by Crippen LogP contribution is 2.39. The molecule has 0 bridgehead atoms. The molecule has 4 N–H and O–H groups in total. The van der Waals surface area contributed by atoms with Gasteiger partial charge in [0.1, 0.15) is 6.04 Å². The number of alkyl halides is 3. The van der Waals surface area contributed by atoms with Crippen molar-refractivity contribution in [1.82, 2.24) is 30.2 Å². The quantitative estimate of drug-likeness (QED) is 0.337. The summed E-state index contributed by atoms with van der Waals surface area (Å²) >= 11 is 6.30. The standard InChI is InChI=1S/C35H46ClF3N8O3/c1-40-31-27(35(37,38)39)20-23(21-28(31)36)22-30(32(48)45-13-7-25(8-14-45)44-18-11-41-12-19-44)43-33(49)46-15-9-26(10-16-46)47-17-6-24-4-2-3-5-29(24)42-34(47)50/h2-5,20-21,25-26,30,40-41H,6-19,22H2,1H3,(H,42,50)(H,43,49). The second-order valence-corrected chi connectivity index (χ2v) is 14.0. The molecule has 4 aliphatic rings. The number of hydrogen-bond acceptors (Lipinski definition) is 6. The van der Waals surface area contributed by atoms with Gasteiger partial charge >= 0.3 is 18.2 Å². The van der Waals surface area contributed by atoms with Crippen molar-refractivity contribution in [3.8, 4) is 0 Å². The molecule has 272 valence electrons. The Labute approximate surface area is 295 Å².